The normalized spacial score (nSPS) is 11.5. The molecule has 0 saturated carbocycles. The fraction of sp³-hybridized carbons (Fsp3) is 0.435. The van der Waals surface area contributed by atoms with Crippen molar-refractivity contribution in [2.24, 2.45) is 5.92 Å². The number of carbonyl (C=O) groups excluding carboxylic acids is 1. The lowest BCUT2D eigenvalue weighted by Gasteiger charge is -2.14. The Labute approximate surface area is 190 Å². The fourth-order valence-electron chi connectivity index (χ4n) is 2.86. The van der Waals surface area contributed by atoms with Gasteiger partial charge in [-0.15, -0.1) is 11.8 Å². The molecule has 0 aliphatic heterocycles. The van der Waals surface area contributed by atoms with Gasteiger partial charge in [-0.3, -0.25) is 4.79 Å². The molecule has 0 fully saturated rings. The molecular weight excluding hydrogens is 432 g/mol. The zero-order chi connectivity index (χ0) is 22.9. The molecule has 31 heavy (non-hydrogen) atoms. The predicted molar refractivity (Wildman–Crippen MR) is 127 cm³/mol. The molecule has 0 unspecified atom stereocenters. The van der Waals surface area contributed by atoms with Gasteiger partial charge in [-0.05, 0) is 55.3 Å². The van der Waals surface area contributed by atoms with E-state index in [1.165, 1.54) is 17.8 Å². The van der Waals surface area contributed by atoms with Crippen LogP contribution in [0.1, 0.15) is 39.2 Å². The van der Waals surface area contributed by atoms with Crippen molar-refractivity contribution in [2.75, 3.05) is 24.7 Å². The highest BCUT2D eigenvalue weighted by molar-refractivity contribution is 7.98. The van der Waals surface area contributed by atoms with Crippen LogP contribution in [0.4, 0.5) is 5.69 Å². The molecule has 0 spiro atoms. The average molecular weight is 465 g/mol. The maximum absolute atomic E-state index is 12.8. The van der Waals surface area contributed by atoms with Crippen molar-refractivity contribution in [2.45, 2.75) is 49.8 Å². The molecule has 0 atom stereocenters. The number of hydrogen-bond donors (Lipinski definition) is 2. The highest BCUT2D eigenvalue weighted by atomic mass is 32.2. The van der Waals surface area contributed by atoms with Crippen LogP contribution < -0.4 is 14.8 Å². The monoisotopic (exact) mass is 464 g/mol. The lowest BCUT2D eigenvalue weighted by molar-refractivity contribution is -0.118. The molecule has 8 heteroatoms. The fourth-order valence-corrected chi connectivity index (χ4v) is 4.49. The van der Waals surface area contributed by atoms with Crippen molar-refractivity contribution in [3.63, 3.8) is 0 Å². The van der Waals surface area contributed by atoms with Gasteiger partial charge >= 0.3 is 0 Å². The number of nitrogens with one attached hydrogen (secondary N) is 2. The molecular formula is C23H32N2O4S2. The zero-order valence-corrected chi connectivity index (χ0v) is 20.2. The Kier molecular flexibility index (Phi) is 9.87. The standard InChI is InChI=1S/C23H32N2O4S2/c1-5-15-29-21-11-7-6-9-18(21)10-8-14-24-31(27,28)19-12-13-22(30-4)20(16-19)25-23(26)17(2)3/h6-7,9,11-13,16-17,24H,5,8,10,14-15H2,1-4H3,(H,25,26). The molecule has 2 rings (SSSR count). The van der Waals surface area contributed by atoms with Gasteiger partial charge in [-0.2, -0.15) is 0 Å². The first-order valence-corrected chi connectivity index (χ1v) is 13.2. The van der Waals surface area contributed by atoms with Gasteiger partial charge in [0, 0.05) is 17.4 Å². The maximum Gasteiger partial charge on any atom is 0.240 e. The maximum atomic E-state index is 12.8. The second-order valence-corrected chi connectivity index (χ2v) is 10.1. The first-order chi connectivity index (χ1) is 14.8. The van der Waals surface area contributed by atoms with E-state index in [1.807, 2.05) is 30.5 Å². The third kappa shape index (κ3) is 7.55. The molecule has 0 radical (unpaired) electrons. The molecule has 0 aliphatic carbocycles. The van der Waals surface area contributed by atoms with Crippen LogP contribution in [-0.2, 0) is 21.2 Å². The molecule has 1 amide bonds. The Bertz CT molecular complexity index is 975. The van der Waals surface area contributed by atoms with E-state index in [0.717, 1.165) is 22.6 Å². The van der Waals surface area contributed by atoms with Crippen LogP contribution in [-0.4, -0.2) is 33.7 Å². The van der Waals surface area contributed by atoms with Gasteiger partial charge in [0.2, 0.25) is 15.9 Å². The average Bonchev–Trinajstić information content (AvgIpc) is 2.75. The van der Waals surface area contributed by atoms with Crippen LogP contribution in [0.15, 0.2) is 52.3 Å². The Morgan fingerprint density at radius 2 is 1.90 bits per heavy atom. The third-order valence-corrected chi connectivity index (χ3v) is 6.87. The van der Waals surface area contributed by atoms with Crippen LogP contribution in [0.3, 0.4) is 0 Å². The summed E-state index contributed by atoms with van der Waals surface area (Å²) in [7, 11) is -3.68. The Morgan fingerprint density at radius 3 is 2.58 bits per heavy atom. The summed E-state index contributed by atoms with van der Waals surface area (Å²) in [5, 5.41) is 2.82. The van der Waals surface area contributed by atoms with E-state index in [4.69, 9.17) is 4.74 Å². The summed E-state index contributed by atoms with van der Waals surface area (Å²) in [6.07, 6.45) is 4.17. The number of ether oxygens (including phenoxy) is 1. The van der Waals surface area contributed by atoms with Gasteiger partial charge in [-0.25, -0.2) is 13.1 Å². The lowest BCUT2D eigenvalue weighted by atomic mass is 10.1. The number of aryl methyl sites for hydroxylation is 1. The predicted octanol–water partition coefficient (Wildman–Crippen LogP) is 4.70. The number of benzene rings is 2. The van der Waals surface area contributed by atoms with Gasteiger partial charge in [0.1, 0.15) is 5.75 Å². The minimum absolute atomic E-state index is 0.135. The molecule has 2 aromatic rings. The largest absolute Gasteiger partial charge is 0.493 e. The Balaban J connectivity index is 2.02. The minimum Gasteiger partial charge on any atom is -0.493 e. The van der Waals surface area contributed by atoms with Gasteiger partial charge in [0.15, 0.2) is 0 Å². The van der Waals surface area contributed by atoms with Crippen LogP contribution in [0.25, 0.3) is 0 Å². The van der Waals surface area contributed by atoms with E-state index in [2.05, 4.69) is 17.0 Å². The number of amides is 1. The third-order valence-electron chi connectivity index (χ3n) is 4.61. The summed E-state index contributed by atoms with van der Waals surface area (Å²) in [4.78, 5) is 13.0. The molecule has 0 aliphatic rings. The van der Waals surface area contributed by atoms with E-state index in [-0.39, 0.29) is 16.7 Å². The summed E-state index contributed by atoms with van der Waals surface area (Å²) in [5.41, 5.74) is 1.58. The van der Waals surface area contributed by atoms with Crippen molar-refractivity contribution in [3.8, 4) is 5.75 Å². The molecule has 0 heterocycles. The Hall–Kier alpha value is -2.03. The van der Waals surface area contributed by atoms with Gasteiger partial charge in [-0.1, -0.05) is 39.0 Å². The van der Waals surface area contributed by atoms with Crippen molar-refractivity contribution >= 4 is 33.4 Å². The number of carbonyl (C=O) groups is 1. The molecule has 2 aromatic carbocycles. The minimum atomic E-state index is -3.68. The van der Waals surface area contributed by atoms with Crippen LogP contribution in [0, 0.1) is 5.92 Å². The summed E-state index contributed by atoms with van der Waals surface area (Å²) in [5.74, 6) is 0.504. The quantitative estimate of drug-likeness (QED) is 0.351. The van der Waals surface area contributed by atoms with Crippen molar-refractivity contribution < 1.29 is 17.9 Å². The molecule has 0 aromatic heterocycles. The summed E-state index contributed by atoms with van der Waals surface area (Å²) < 4.78 is 34.0. The van der Waals surface area contributed by atoms with Gasteiger partial charge < -0.3 is 10.1 Å². The molecule has 2 N–H and O–H groups in total. The van der Waals surface area contributed by atoms with Gasteiger partial charge in [0.25, 0.3) is 0 Å². The number of sulfonamides is 1. The van der Waals surface area contributed by atoms with E-state index >= 15 is 0 Å². The molecule has 170 valence electrons. The molecule has 6 nitrogen and oxygen atoms in total. The number of hydrogen-bond acceptors (Lipinski definition) is 5. The van der Waals surface area contributed by atoms with E-state index < -0.39 is 10.0 Å². The second kappa shape index (κ2) is 12.1. The topological polar surface area (TPSA) is 84.5 Å². The molecule has 0 saturated heterocycles. The lowest BCUT2D eigenvalue weighted by Crippen LogP contribution is -2.25. The van der Waals surface area contributed by atoms with Crippen molar-refractivity contribution in [1.29, 1.82) is 0 Å². The van der Waals surface area contributed by atoms with E-state index in [1.54, 1.807) is 26.0 Å². The first-order valence-electron chi connectivity index (χ1n) is 10.5. The molecule has 0 bridgehead atoms. The van der Waals surface area contributed by atoms with E-state index in [0.29, 0.717) is 31.7 Å². The van der Waals surface area contributed by atoms with Crippen molar-refractivity contribution in [1.82, 2.24) is 4.72 Å². The van der Waals surface area contributed by atoms with Crippen LogP contribution >= 0.6 is 11.8 Å². The number of anilines is 1. The van der Waals surface area contributed by atoms with Crippen LogP contribution in [0.2, 0.25) is 0 Å². The number of thioether (sulfide) groups is 1. The SMILES string of the molecule is CCCOc1ccccc1CCCNS(=O)(=O)c1ccc(SC)c(NC(=O)C(C)C)c1. The van der Waals surface area contributed by atoms with Crippen LogP contribution in [0.5, 0.6) is 5.75 Å². The highest BCUT2D eigenvalue weighted by Gasteiger charge is 2.17. The first kappa shape index (κ1) is 25.2. The van der Waals surface area contributed by atoms with Crippen molar-refractivity contribution in [3.05, 3.63) is 48.0 Å². The van der Waals surface area contributed by atoms with E-state index in [9.17, 15) is 13.2 Å². The number of rotatable bonds is 12. The van der Waals surface area contributed by atoms with Gasteiger partial charge in [0.05, 0.1) is 17.2 Å². The highest BCUT2D eigenvalue weighted by Crippen LogP contribution is 2.28. The second-order valence-electron chi connectivity index (χ2n) is 7.46. The summed E-state index contributed by atoms with van der Waals surface area (Å²) in [6, 6.07) is 12.6. The smallest absolute Gasteiger partial charge is 0.240 e. The summed E-state index contributed by atoms with van der Waals surface area (Å²) >= 11 is 1.45. The number of para-hydroxylation sites is 1. The Morgan fingerprint density at radius 1 is 1.16 bits per heavy atom. The zero-order valence-electron chi connectivity index (χ0n) is 18.6. The summed E-state index contributed by atoms with van der Waals surface area (Å²) in [6.45, 7) is 6.61.